The van der Waals surface area contributed by atoms with Crippen LogP contribution in [0.1, 0.15) is 52.1 Å². The van der Waals surface area contributed by atoms with Crippen LogP contribution in [0.4, 0.5) is 0 Å². The van der Waals surface area contributed by atoms with Gasteiger partial charge in [0.15, 0.2) is 0 Å². The van der Waals surface area contributed by atoms with E-state index >= 15 is 0 Å². The molecule has 0 N–H and O–H groups in total. The van der Waals surface area contributed by atoms with Crippen LogP contribution in [0.2, 0.25) is 0 Å². The van der Waals surface area contributed by atoms with E-state index in [1.807, 2.05) is 26.0 Å². The molecule has 1 aromatic carbocycles. The molecule has 0 saturated carbocycles. The maximum atomic E-state index is 12.8. The molecule has 2 atom stereocenters. The number of hydrogen-bond acceptors (Lipinski definition) is 4. The number of benzene rings is 1. The van der Waals surface area contributed by atoms with Gasteiger partial charge in [-0.15, -0.1) is 0 Å². The molecule has 23 heavy (non-hydrogen) atoms. The van der Waals surface area contributed by atoms with E-state index < -0.39 is 7.60 Å². The van der Waals surface area contributed by atoms with Gasteiger partial charge in [-0.3, -0.25) is 9.46 Å². The Hall–Kier alpha value is -0.670. The third-order valence-electron chi connectivity index (χ3n) is 4.57. The van der Waals surface area contributed by atoms with Crippen LogP contribution in [-0.4, -0.2) is 31.2 Å². The second-order valence-electron chi connectivity index (χ2n) is 6.20. The van der Waals surface area contributed by atoms with Gasteiger partial charge in [-0.1, -0.05) is 26.0 Å². The van der Waals surface area contributed by atoms with E-state index in [4.69, 9.17) is 9.05 Å². The number of piperidine rings is 1. The predicted octanol–water partition coefficient (Wildman–Crippen LogP) is 4.37. The summed E-state index contributed by atoms with van der Waals surface area (Å²) in [7, 11) is -3.18. The van der Waals surface area contributed by atoms with Gasteiger partial charge in [0.05, 0.1) is 18.5 Å². The van der Waals surface area contributed by atoms with Gasteiger partial charge in [0.2, 0.25) is 0 Å². The highest BCUT2D eigenvalue weighted by molar-refractivity contribution is 7.62. The van der Waals surface area contributed by atoms with Crippen molar-refractivity contribution in [1.82, 2.24) is 4.90 Å². The SMILES string of the molecule is CCOP(=O)(OCC)c1ccc([C@@H]2C[C@H](C)CCN2CC)cc1. The van der Waals surface area contributed by atoms with Crippen molar-refractivity contribution in [2.75, 3.05) is 26.3 Å². The summed E-state index contributed by atoms with van der Waals surface area (Å²) in [6, 6.07) is 8.45. The van der Waals surface area contributed by atoms with E-state index in [2.05, 4.69) is 30.9 Å². The largest absolute Gasteiger partial charge is 0.361 e. The number of rotatable bonds is 7. The molecule has 1 fully saturated rings. The van der Waals surface area contributed by atoms with Crippen molar-refractivity contribution in [2.45, 2.75) is 46.6 Å². The quantitative estimate of drug-likeness (QED) is 0.692. The first kappa shape index (κ1) is 18.7. The predicted molar refractivity (Wildman–Crippen MR) is 95.3 cm³/mol. The third kappa shape index (κ3) is 4.45. The van der Waals surface area contributed by atoms with Crippen LogP contribution in [0.15, 0.2) is 24.3 Å². The van der Waals surface area contributed by atoms with Crippen molar-refractivity contribution in [2.24, 2.45) is 5.92 Å². The molecule has 0 bridgehead atoms. The van der Waals surface area contributed by atoms with Crippen LogP contribution >= 0.6 is 7.60 Å². The molecular weight excluding hydrogens is 309 g/mol. The van der Waals surface area contributed by atoms with Gasteiger partial charge >= 0.3 is 7.60 Å². The lowest BCUT2D eigenvalue weighted by Crippen LogP contribution is -2.36. The van der Waals surface area contributed by atoms with Crippen molar-refractivity contribution in [3.05, 3.63) is 29.8 Å². The summed E-state index contributed by atoms with van der Waals surface area (Å²) in [6.45, 7) is 11.2. The molecule has 1 aliphatic heterocycles. The van der Waals surface area contributed by atoms with Crippen LogP contribution in [0, 0.1) is 5.92 Å². The molecule has 4 nitrogen and oxygen atoms in total. The summed E-state index contributed by atoms with van der Waals surface area (Å²) in [5.41, 5.74) is 1.29. The summed E-state index contributed by atoms with van der Waals surface area (Å²) in [6.07, 6.45) is 2.45. The zero-order valence-corrected chi connectivity index (χ0v) is 15.7. The van der Waals surface area contributed by atoms with E-state index in [1.165, 1.54) is 18.4 Å². The summed E-state index contributed by atoms with van der Waals surface area (Å²) in [5, 5.41) is 0.650. The van der Waals surface area contributed by atoms with Crippen LogP contribution in [0.25, 0.3) is 0 Å². The van der Waals surface area contributed by atoms with E-state index in [9.17, 15) is 4.57 Å². The lowest BCUT2D eigenvalue weighted by Gasteiger charge is -2.38. The minimum Gasteiger partial charge on any atom is -0.305 e. The summed E-state index contributed by atoms with van der Waals surface area (Å²) in [4.78, 5) is 2.53. The molecular formula is C18H30NO3P. The van der Waals surface area contributed by atoms with Crippen LogP contribution < -0.4 is 5.30 Å². The van der Waals surface area contributed by atoms with Crippen molar-refractivity contribution in [3.63, 3.8) is 0 Å². The zero-order valence-electron chi connectivity index (χ0n) is 14.8. The van der Waals surface area contributed by atoms with Crippen LogP contribution in [-0.2, 0) is 13.6 Å². The minimum atomic E-state index is -3.18. The maximum absolute atomic E-state index is 12.8. The third-order valence-corrected chi connectivity index (χ3v) is 6.70. The smallest absolute Gasteiger partial charge is 0.305 e. The monoisotopic (exact) mass is 339 g/mol. The maximum Gasteiger partial charge on any atom is 0.361 e. The number of hydrogen-bond donors (Lipinski definition) is 0. The molecule has 0 aromatic heterocycles. The molecule has 0 amide bonds. The van der Waals surface area contributed by atoms with E-state index in [1.54, 1.807) is 0 Å². The molecule has 0 aliphatic carbocycles. The summed E-state index contributed by atoms with van der Waals surface area (Å²) in [5.74, 6) is 0.750. The Kier molecular flexibility index (Phi) is 6.84. The van der Waals surface area contributed by atoms with Crippen molar-refractivity contribution >= 4 is 12.9 Å². The lowest BCUT2D eigenvalue weighted by molar-refractivity contribution is 0.125. The molecule has 1 aliphatic rings. The molecule has 1 saturated heterocycles. The highest BCUT2D eigenvalue weighted by Gasteiger charge is 2.29. The number of nitrogens with zero attached hydrogens (tertiary/aromatic N) is 1. The van der Waals surface area contributed by atoms with Gasteiger partial charge in [0, 0.05) is 6.04 Å². The molecule has 2 rings (SSSR count). The van der Waals surface area contributed by atoms with E-state index in [0.29, 0.717) is 24.6 Å². The van der Waals surface area contributed by atoms with Crippen molar-refractivity contribution in [1.29, 1.82) is 0 Å². The lowest BCUT2D eigenvalue weighted by atomic mass is 9.88. The van der Waals surface area contributed by atoms with Crippen LogP contribution in [0.5, 0.6) is 0 Å². The fourth-order valence-electron chi connectivity index (χ4n) is 3.32. The van der Waals surface area contributed by atoms with Gasteiger partial charge in [-0.05, 0) is 63.4 Å². The Morgan fingerprint density at radius 2 is 1.74 bits per heavy atom. The first-order valence-corrected chi connectivity index (χ1v) is 10.3. The zero-order chi connectivity index (χ0) is 16.9. The van der Waals surface area contributed by atoms with Crippen molar-refractivity contribution < 1.29 is 13.6 Å². The van der Waals surface area contributed by atoms with E-state index in [-0.39, 0.29) is 0 Å². The topological polar surface area (TPSA) is 38.8 Å². The summed E-state index contributed by atoms with van der Waals surface area (Å²) < 4.78 is 23.7. The Labute approximate surface area is 140 Å². The number of likely N-dealkylation sites (tertiary alicyclic amines) is 1. The average Bonchev–Trinajstić information content (AvgIpc) is 2.55. The Morgan fingerprint density at radius 3 is 2.26 bits per heavy atom. The second kappa shape index (κ2) is 8.43. The fraction of sp³-hybridized carbons (Fsp3) is 0.667. The molecule has 1 aromatic rings. The van der Waals surface area contributed by atoms with Crippen molar-refractivity contribution in [3.8, 4) is 0 Å². The molecule has 5 heteroatoms. The second-order valence-corrected chi connectivity index (χ2v) is 8.23. The molecule has 0 unspecified atom stereocenters. The van der Waals surface area contributed by atoms with Gasteiger partial charge in [0.1, 0.15) is 0 Å². The van der Waals surface area contributed by atoms with Gasteiger partial charge in [0.25, 0.3) is 0 Å². The van der Waals surface area contributed by atoms with Gasteiger partial charge in [-0.2, -0.15) is 0 Å². The van der Waals surface area contributed by atoms with Gasteiger partial charge in [-0.25, -0.2) is 0 Å². The first-order chi connectivity index (χ1) is 11.0. The normalized spacial score (nSPS) is 23.1. The molecule has 0 spiro atoms. The summed E-state index contributed by atoms with van der Waals surface area (Å²) >= 11 is 0. The Morgan fingerprint density at radius 1 is 1.13 bits per heavy atom. The Balaban J connectivity index is 2.22. The highest BCUT2D eigenvalue weighted by atomic mass is 31.2. The molecule has 0 radical (unpaired) electrons. The molecule has 1 heterocycles. The van der Waals surface area contributed by atoms with E-state index in [0.717, 1.165) is 19.0 Å². The van der Waals surface area contributed by atoms with Gasteiger partial charge < -0.3 is 9.05 Å². The minimum absolute atomic E-state index is 0.378. The average molecular weight is 339 g/mol. The molecule has 130 valence electrons. The first-order valence-electron chi connectivity index (χ1n) is 8.77. The van der Waals surface area contributed by atoms with Crippen LogP contribution in [0.3, 0.4) is 0 Å². The fourth-order valence-corrected chi connectivity index (χ4v) is 4.89. The standard InChI is InChI=1S/C18H30NO3P/c1-5-19-13-12-15(4)14-18(19)16-8-10-17(11-9-16)23(20,21-6-2)22-7-3/h8-11,15,18H,5-7,12-14H2,1-4H3/t15-,18+/m1/s1. The Bertz CT molecular complexity index is 522. The highest BCUT2D eigenvalue weighted by Crippen LogP contribution is 2.47.